The van der Waals surface area contributed by atoms with E-state index in [4.69, 9.17) is 14.5 Å². The van der Waals surface area contributed by atoms with E-state index in [1.807, 2.05) is 50.6 Å². The summed E-state index contributed by atoms with van der Waals surface area (Å²) in [4.78, 5) is 15.1. The van der Waals surface area contributed by atoms with Gasteiger partial charge in [0.2, 0.25) is 0 Å². The van der Waals surface area contributed by atoms with Crippen LogP contribution in [0.25, 0.3) is 22.3 Å². The summed E-state index contributed by atoms with van der Waals surface area (Å²) in [6.45, 7) is 1.35. The number of rotatable bonds is 11. The Morgan fingerprint density at radius 3 is 2.62 bits per heavy atom. The Kier molecular flexibility index (Phi) is 7.51. The fourth-order valence-corrected chi connectivity index (χ4v) is 3.60. The molecule has 0 radical (unpaired) electrons. The number of hydrogen-bond acceptors (Lipinski definition) is 8. The molecule has 0 fully saturated rings. The van der Waals surface area contributed by atoms with Gasteiger partial charge in [-0.15, -0.1) is 0 Å². The molecule has 0 spiro atoms. The molecule has 0 aliphatic heterocycles. The lowest BCUT2D eigenvalue weighted by Gasteiger charge is -2.26. The lowest BCUT2D eigenvalue weighted by Crippen LogP contribution is -2.27. The van der Waals surface area contributed by atoms with Gasteiger partial charge in [-0.25, -0.2) is 4.98 Å². The van der Waals surface area contributed by atoms with E-state index in [0.29, 0.717) is 18.0 Å². The van der Waals surface area contributed by atoms with Crippen molar-refractivity contribution in [3.05, 3.63) is 55.0 Å². The standard InChI is InChI=1S/C24H27FN6O3/c1-26-6-7-31(19-10-20(32-3)13-21(11-19)33-8-9-34-25)18-4-5-22-23(12-18)29-24(15-27-22)17-14-28-30(2)16-17/h4-5,10-16,26H,6-9H2,1-3H3. The van der Waals surface area contributed by atoms with E-state index >= 15 is 0 Å². The summed E-state index contributed by atoms with van der Waals surface area (Å²) in [6.07, 6.45) is 5.43. The van der Waals surface area contributed by atoms with Gasteiger partial charge in [0.25, 0.3) is 0 Å². The molecule has 0 saturated heterocycles. The highest BCUT2D eigenvalue weighted by Crippen LogP contribution is 2.34. The zero-order valence-corrected chi connectivity index (χ0v) is 19.4. The van der Waals surface area contributed by atoms with Crippen molar-refractivity contribution in [1.29, 1.82) is 0 Å². The molecule has 0 amide bonds. The number of fused-ring (bicyclic) bond motifs is 1. The van der Waals surface area contributed by atoms with Crippen molar-refractivity contribution in [2.75, 3.05) is 45.4 Å². The lowest BCUT2D eigenvalue weighted by atomic mass is 10.2. The number of halogens is 1. The first-order valence-electron chi connectivity index (χ1n) is 10.8. The van der Waals surface area contributed by atoms with Crippen LogP contribution in [0.4, 0.5) is 15.9 Å². The third kappa shape index (κ3) is 5.41. The lowest BCUT2D eigenvalue weighted by molar-refractivity contribution is -0.138. The minimum Gasteiger partial charge on any atom is -0.497 e. The van der Waals surface area contributed by atoms with Crippen LogP contribution in [0, 0.1) is 0 Å². The zero-order valence-electron chi connectivity index (χ0n) is 19.4. The van der Waals surface area contributed by atoms with Gasteiger partial charge in [0.1, 0.15) is 24.7 Å². The maximum atomic E-state index is 12.0. The zero-order chi connectivity index (χ0) is 23.9. The predicted octanol–water partition coefficient (Wildman–Crippen LogP) is 3.68. The second-order valence-corrected chi connectivity index (χ2v) is 7.61. The van der Waals surface area contributed by atoms with Gasteiger partial charge < -0.3 is 19.7 Å². The van der Waals surface area contributed by atoms with E-state index in [1.54, 1.807) is 30.3 Å². The Morgan fingerprint density at radius 2 is 1.88 bits per heavy atom. The first-order valence-corrected chi connectivity index (χ1v) is 10.8. The Hall–Kier alpha value is -3.76. The molecule has 1 N–H and O–H groups in total. The maximum Gasteiger partial charge on any atom is 0.125 e. The molecular formula is C24H27FN6O3. The molecule has 2 aromatic heterocycles. The summed E-state index contributed by atoms with van der Waals surface area (Å²) in [5.41, 5.74) is 5.03. The van der Waals surface area contributed by atoms with Crippen LogP contribution in [-0.4, -0.2) is 60.2 Å². The SMILES string of the molecule is CNCCN(c1cc(OC)cc(OCCOF)c1)c1ccc2ncc(-c3cnn(C)c3)nc2c1. The summed E-state index contributed by atoms with van der Waals surface area (Å²) in [5, 5.41) is 7.42. The van der Waals surface area contributed by atoms with Crippen LogP contribution in [0.15, 0.2) is 55.0 Å². The number of likely N-dealkylation sites (N-methyl/N-ethyl adjacent to an activating group) is 1. The summed E-state index contributed by atoms with van der Waals surface area (Å²) in [5.74, 6) is 1.18. The predicted molar refractivity (Wildman–Crippen MR) is 128 cm³/mol. The van der Waals surface area contributed by atoms with Crippen LogP contribution in [0.1, 0.15) is 0 Å². The molecule has 4 rings (SSSR count). The van der Waals surface area contributed by atoms with Gasteiger partial charge in [-0.3, -0.25) is 9.67 Å². The van der Waals surface area contributed by atoms with Crippen LogP contribution in [0.5, 0.6) is 11.5 Å². The molecule has 9 nitrogen and oxygen atoms in total. The van der Waals surface area contributed by atoms with Gasteiger partial charge in [0.05, 0.1) is 36.2 Å². The number of aryl methyl sites for hydroxylation is 1. The van der Waals surface area contributed by atoms with Gasteiger partial charge in [-0.1, -0.05) is 0 Å². The number of anilines is 2. The quantitative estimate of drug-likeness (QED) is 0.335. The first-order chi connectivity index (χ1) is 16.6. The largest absolute Gasteiger partial charge is 0.497 e. The first kappa shape index (κ1) is 23.4. The molecule has 2 aromatic carbocycles. The molecule has 10 heteroatoms. The van der Waals surface area contributed by atoms with E-state index in [9.17, 15) is 4.53 Å². The van der Waals surface area contributed by atoms with Crippen molar-refractivity contribution >= 4 is 22.4 Å². The fraction of sp³-hybridized carbons (Fsp3) is 0.292. The molecule has 34 heavy (non-hydrogen) atoms. The van der Waals surface area contributed by atoms with E-state index in [1.165, 1.54) is 0 Å². The number of benzene rings is 2. The molecule has 0 aliphatic carbocycles. The third-order valence-corrected chi connectivity index (χ3v) is 5.26. The number of methoxy groups -OCH3 is 1. The van der Waals surface area contributed by atoms with Gasteiger partial charge >= 0.3 is 0 Å². The Balaban J connectivity index is 1.73. The second kappa shape index (κ2) is 10.9. The van der Waals surface area contributed by atoms with Crippen LogP contribution < -0.4 is 19.7 Å². The van der Waals surface area contributed by atoms with Gasteiger partial charge in [-0.2, -0.15) is 10.0 Å². The molecule has 0 saturated carbocycles. The molecule has 0 unspecified atom stereocenters. The molecule has 2 heterocycles. The Bertz CT molecular complexity index is 1250. The Morgan fingerprint density at radius 1 is 1.03 bits per heavy atom. The monoisotopic (exact) mass is 466 g/mol. The molecule has 4 aromatic rings. The second-order valence-electron chi connectivity index (χ2n) is 7.61. The molecule has 178 valence electrons. The number of ether oxygens (including phenoxy) is 2. The normalized spacial score (nSPS) is 11.1. The minimum atomic E-state index is -0.154. The average Bonchev–Trinajstić information content (AvgIpc) is 3.30. The summed E-state index contributed by atoms with van der Waals surface area (Å²) < 4.78 is 24.9. The van der Waals surface area contributed by atoms with Crippen molar-refractivity contribution in [3.8, 4) is 22.8 Å². The van der Waals surface area contributed by atoms with Crippen molar-refractivity contribution in [1.82, 2.24) is 25.1 Å². The van der Waals surface area contributed by atoms with Crippen molar-refractivity contribution in [3.63, 3.8) is 0 Å². The van der Waals surface area contributed by atoms with E-state index in [-0.39, 0.29) is 13.2 Å². The number of nitrogens with one attached hydrogen (secondary N) is 1. The Labute approximate surface area is 197 Å². The van der Waals surface area contributed by atoms with Crippen molar-refractivity contribution in [2.24, 2.45) is 7.05 Å². The van der Waals surface area contributed by atoms with Crippen LogP contribution in [0.2, 0.25) is 0 Å². The number of nitrogens with zero attached hydrogens (tertiary/aromatic N) is 5. The maximum absolute atomic E-state index is 12.0. The minimum absolute atomic E-state index is 0.0856. The van der Waals surface area contributed by atoms with Crippen LogP contribution >= 0.6 is 0 Å². The highest BCUT2D eigenvalue weighted by molar-refractivity contribution is 5.82. The van der Waals surface area contributed by atoms with E-state index in [0.717, 1.165) is 40.2 Å². The van der Waals surface area contributed by atoms with Crippen LogP contribution in [-0.2, 0) is 12.0 Å². The smallest absolute Gasteiger partial charge is 0.125 e. The van der Waals surface area contributed by atoms with Crippen molar-refractivity contribution < 1.29 is 18.9 Å². The van der Waals surface area contributed by atoms with Crippen molar-refractivity contribution in [2.45, 2.75) is 0 Å². The molecule has 0 aliphatic rings. The molecule has 0 bridgehead atoms. The average molecular weight is 467 g/mol. The van der Waals surface area contributed by atoms with Crippen LogP contribution in [0.3, 0.4) is 0 Å². The summed E-state index contributed by atoms with van der Waals surface area (Å²) in [6, 6.07) is 11.5. The van der Waals surface area contributed by atoms with Gasteiger partial charge in [0.15, 0.2) is 0 Å². The summed E-state index contributed by atoms with van der Waals surface area (Å²) >= 11 is 0. The number of aromatic nitrogens is 4. The van der Waals surface area contributed by atoms with E-state index in [2.05, 4.69) is 25.2 Å². The molecule has 0 atom stereocenters. The van der Waals surface area contributed by atoms with Gasteiger partial charge in [0, 0.05) is 61.5 Å². The fourth-order valence-electron chi connectivity index (χ4n) is 3.60. The van der Waals surface area contributed by atoms with E-state index < -0.39 is 0 Å². The topological polar surface area (TPSA) is 86.6 Å². The highest BCUT2D eigenvalue weighted by Gasteiger charge is 2.14. The highest BCUT2D eigenvalue weighted by atomic mass is 19.3. The molecular weight excluding hydrogens is 439 g/mol. The van der Waals surface area contributed by atoms with Gasteiger partial charge in [-0.05, 0) is 29.8 Å². The number of hydrogen-bond donors (Lipinski definition) is 1. The third-order valence-electron chi connectivity index (χ3n) is 5.26. The summed E-state index contributed by atoms with van der Waals surface area (Å²) in [7, 11) is 5.37.